The van der Waals surface area contributed by atoms with Crippen molar-refractivity contribution in [2.45, 2.75) is 58.9 Å². The Kier molecular flexibility index (Phi) is 8.62. The van der Waals surface area contributed by atoms with Gasteiger partial charge in [-0.25, -0.2) is 0 Å². The van der Waals surface area contributed by atoms with Gasteiger partial charge in [-0.3, -0.25) is 9.59 Å². The van der Waals surface area contributed by atoms with Crippen molar-refractivity contribution in [1.82, 2.24) is 4.90 Å². The fourth-order valence-electron chi connectivity index (χ4n) is 4.42. The van der Waals surface area contributed by atoms with Gasteiger partial charge in [0.15, 0.2) is 0 Å². The molecule has 1 aliphatic rings. The van der Waals surface area contributed by atoms with Crippen molar-refractivity contribution in [3.63, 3.8) is 0 Å². The van der Waals surface area contributed by atoms with Crippen molar-refractivity contribution in [2.75, 3.05) is 19.8 Å². The van der Waals surface area contributed by atoms with Crippen LogP contribution in [0.25, 0.3) is 5.76 Å². The smallest absolute Gasteiger partial charge is 0.295 e. The average Bonchev–Trinajstić information content (AvgIpc) is 3.10. The lowest BCUT2D eigenvalue weighted by atomic mass is 9.84. The highest BCUT2D eigenvalue weighted by atomic mass is 16.5. The summed E-state index contributed by atoms with van der Waals surface area (Å²) in [4.78, 5) is 28.0. The fourth-order valence-corrected chi connectivity index (χ4v) is 4.42. The van der Waals surface area contributed by atoms with Crippen LogP contribution in [0.5, 0.6) is 11.5 Å². The zero-order chi connectivity index (χ0) is 26.5. The number of nitrogens with zero attached hydrogens (tertiary/aromatic N) is 1. The Balaban J connectivity index is 2.19. The average molecular weight is 492 g/mol. The van der Waals surface area contributed by atoms with Crippen LogP contribution in [-0.4, -0.2) is 41.5 Å². The molecule has 1 aliphatic heterocycles. The van der Waals surface area contributed by atoms with E-state index in [9.17, 15) is 14.7 Å². The number of ether oxygens (including phenoxy) is 2. The summed E-state index contributed by atoms with van der Waals surface area (Å²) in [6.45, 7) is 15.1. The summed E-state index contributed by atoms with van der Waals surface area (Å²) in [6, 6.07) is 12.0. The first-order valence-corrected chi connectivity index (χ1v) is 12.5. The van der Waals surface area contributed by atoms with E-state index in [-0.39, 0.29) is 16.7 Å². The van der Waals surface area contributed by atoms with Crippen LogP contribution in [0.4, 0.5) is 0 Å². The predicted molar refractivity (Wildman–Crippen MR) is 142 cm³/mol. The highest BCUT2D eigenvalue weighted by Gasteiger charge is 2.46. The summed E-state index contributed by atoms with van der Waals surface area (Å²) in [5, 5.41) is 11.5. The molecule has 1 saturated heterocycles. The van der Waals surface area contributed by atoms with Crippen molar-refractivity contribution < 1.29 is 24.2 Å². The maximum absolute atomic E-state index is 13.3. The maximum Gasteiger partial charge on any atom is 0.295 e. The van der Waals surface area contributed by atoms with Gasteiger partial charge in [-0.05, 0) is 54.7 Å². The third-order valence-electron chi connectivity index (χ3n) is 6.20. The summed E-state index contributed by atoms with van der Waals surface area (Å²) in [6.07, 6.45) is 3.26. The van der Waals surface area contributed by atoms with E-state index in [0.29, 0.717) is 36.6 Å². The van der Waals surface area contributed by atoms with Crippen molar-refractivity contribution in [3.05, 3.63) is 77.4 Å². The number of unbranched alkanes of at least 4 members (excludes halogenated alkanes) is 1. The van der Waals surface area contributed by atoms with Gasteiger partial charge in [-0.1, -0.05) is 58.9 Å². The van der Waals surface area contributed by atoms with Crippen LogP contribution in [0.2, 0.25) is 0 Å². The van der Waals surface area contributed by atoms with Crippen LogP contribution < -0.4 is 9.47 Å². The molecule has 0 bridgehead atoms. The number of benzene rings is 2. The Morgan fingerprint density at radius 2 is 1.86 bits per heavy atom. The van der Waals surface area contributed by atoms with E-state index in [0.717, 1.165) is 24.2 Å². The van der Waals surface area contributed by atoms with Gasteiger partial charge in [0.05, 0.1) is 18.2 Å². The molecule has 1 unspecified atom stereocenters. The van der Waals surface area contributed by atoms with Gasteiger partial charge in [-0.15, -0.1) is 0 Å². The summed E-state index contributed by atoms with van der Waals surface area (Å²) < 4.78 is 11.5. The van der Waals surface area contributed by atoms with Crippen molar-refractivity contribution >= 4 is 17.4 Å². The molecule has 36 heavy (non-hydrogen) atoms. The highest BCUT2D eigenvalue weighted by molar-refractivity contribution is 6.46. The first kappa shape index (κ1) is 27.1. The molecule has 0 radical (unpaired) electrons. The van der Waals surface area contributed by atoms with Crippen LogP contribution in [-0.2, 0) is 15.0 Å². The number of aliphatic hydroxyl groups is 1. The number of likely N-dealkylation sites (tertiary alicyclic amines) is 1. The Labute approximate surface area is 214 Å². The normalized spacial score (nSPS) is 17.4. The Hall–Kier alpha value is -3.54. The van der Waals surface area contributed by atoms with Crippen LogP contribution in [0.3, 0.4) is 0 Å². The second-order valence-corrected chi connectivity index (χ2v) is 9.91. The second-order valence-electron chi connectivity index (χ2n) is 9.91. The molecule has 6 heteroatoms. The lowest BCUT2D eigenvalue weighted by Crippen LogP contribution is -2.30. The minimum Gasteiger partial charge on any atom is -0.507 e. The van der Waals surface area contributed by atoms with E-state index in [4.69, 9.17) is 9.47 Å². The molecule has 0 aromatic heterocycles. The summed E-state index contributed by atoms with van der Waals surface area (Å²) in [7, 11) is 0. The molecule has 1 fully saturated rings. The topological polar surface area (TPSA) is 76.1 Å². The number of hydrogen-bond donors (Lipinski definition) is 1. The minimum atomic E-state index is -0.714. The molecule has 0 spiro atoms. The van der Waals surface area contributed by atoms with Crippen LogP contribution >= 0.6 is 0 Å². The number of Topliss-reactive ketones (excluding diaryl/α,β-unsaturated/α-hetero) is 1. The standard InChI is InChI=1S/C30H37NO5/c1-7-10-16-31-26(20-12-11-13-22(18-20)36-17-8-2)25(28(33)29(31)34)27(32)21-14-15-24(35-9-3)23(19-21)30(4,5)6/h8,11-15,18-19,26,32H,2,7,9-10,16-17H2,1,3-6H3/b27-25+. The number of aliphatic hydroxyl groups excluding tert-OH is 1. The Morgan fingerprint density at radius 1 is 1.11 bits per heavy atom. The molecule has 1 atom stereocenters. The number of hydrogen-bond acceptors (Lipinski definition) is 5. The van der Waals surface area contributed by atoms with Gasteiger partial charge in [0, 0.05) is 17.7 Å². The van der Waals surface area contributed by atoms with E-state index >= 15 is 0 Å². The molecule has 2 aromatic rings. The Morgan fingerprint density at radius 3 is 2.50 bits per heavy atom. The SMILES string of the molecule is C=CCOc1cccc(C2/C(=C(\O)c3ccc(OCC)c(C(C)(C)C)c3)C(=O)C(=O)N2CCCC)c1. The molecular weight excluding hydrogens is 454 g/mol. The van der Waals surface area contributed by atoms with E-state index in [1.807, 2.05) is 50.2 Å². The predicted octanol–water partition coefficient (Wildman–Crippen LogP) is 6.17. The summed E-state index contributed by atoms with van der Waals surface area (Å²) >= 11 is 0. The van der Waals surface area contributed by atoms with E-state index < -0.39 is 17.7 Å². The molecule has 1 heterocycles. The zero-order valence-corrected chi connectivity index (χ0v) is 22.0. The molecule has 2 aromatic carbocycles. The van der Waals surface area contributed by atoms with Crippen molar-refractivity contribution in [3.8, 4) is 11.5 Å². The third kappa shape index (κ3) is 5.64. The molecule has 192 valence electrons. The van der Waals surface area contributed by atoms with Gasteiger partial charge in [0.2, 0.25) is 0 Å². The number of ketones is 1. The summed E-state index contributed by atoms with van der Waals surface area (Å²) in [5.74, 6) is -0.145. The second kappa shape index (κ2) is 11.5. The molecule has 0 aliphatic carbocycles. The first-order chi connectivity index (χ1) is 17.1. The van der Waals surface area contributed by atoms with Crippen LogP contribution in [0.1, 0.15) is 70.2 Å². The number of carbonyl (C=O) groups is 2. The van der Waals surface area contributed by atoms with E-state index in [1.165, 1.54) is 0 Å². The van der Waals surface area contributed by atoms with Gasteiger partial charge in [-0.2, -0.15) is 0 Å². The number of amides is 1. The van der Waals surface area contributed by atoms with Crippen molar-refractivity contribution in [2.24, 2.45) is 0 Å². The van der Waals surface area contributed by atoms with Gasteiger partial charge in [0.25, 0.3) is 11.7 Å². The first-order valence-electron chi connectivity index (χ1n) is 12.5. The quantitative estimate of drug-likeness (QED) is 0.186. The number of carbonyl (C=O) groups excluding carboxylic acids is 2. The lowest BCUT2D eigenvalue weighted by Gasteiger charge is -2.26. The lowest BCUT2D eigenvalue weighted by molar-refractivity contribution is -0.139. The van der Waals surface area contributed by atoms with Crippen LogP contribution in [0.15, 0.2) is 60.7 Å². The van der Waals surface area contributed by atoms with E-state index in [2.05, 4.69) is 27.4 Å². The van der Waals surface area contributed by atoms with Crippen molar-refractivity contribution in [1.29, 1.82) is 0 Å². The molecule has 1 amide bonds. The number of rotatable bonds is 10. The molecule has 3 rings (SSSR count). The minimum absolute atomic E-state index is 0.0843. The van der Waals surface area contributed by atoms with Crippen LogP contribution in [0, 0.1) is 0 Å². The van der Waals surface area contributed by atoms with E-state index in [1.54, 1.807) is 17.0 Å². The summed E-state index contributed by atoms with van der Waals surface area (Å²) in [5.41, 5.74) is 1.91. The molecule has 0 saturated carbocycles. The zero-order valence-electron chi connectivity index (χ0n) is 22.0. The largest absolute Gasteiger partial charge is 0.507 e. The highest BCUT2D eigenvalue weighted by Crippen LogP contribution is 2.41. The molecule has 1 N–H and O–H groups in total. The third-order valence-corrected chi connectivity index (χ3v) is 6.20. The van der Waals surface area contributed by atoms with Gasteiger partial charge < -0.3 is 19.5 Å². The monoisotopic (exact) mass is 491 g/mol. The fraction of sp³-hybridized carbons (Fsp3) is 0.400. The van der Waals surface area contributed by atoms with Gasteiger partial charge >= 0.3 is 0 Å². The molecular formula is C30H37NO5. The molecule has 6 nitrogen and oxygen atoms in total. The maximum atomic E-state index is 13.3. The van der Waals surface area contributed by atoms with Gasteiger partial charge in [0.1, 0.15) is 23.9 Å². The Bertz CT molecular complexity index is 1160.